The number of hydrogen-bond donors (Lipinski definition) is 1. The molecule has 5 nitrogen and oxygen atoms in total. The third kappa shape index (κ3) is 3.33. The molecule has 1 fully saturated rings. The van der Waals surface area contributed by atoms with Crippen molar-refractivity contribution in [2.45, 2.75) is 13.0 Å². The fraction of sp³-hybridized carbons (Fsp3) is 0.429. The van der Waals surface area contributed by atoms with Gasteiger partial charge in [0.2, 0.25) is 0 Å². The molecule has 1 atom stereocenters. The average molecular weight is 315 g/mol. The number of carbonyl (C=O) groups excluding carboxylic acids is 2. The fourth-order valence-corrected chi connectivity index (χ4v) is 2.44. The molecular weight excluding hydrogens is 299 g/mol. The molecule has 0 saturated carbocycles. The molecule has 0 spiro atoms. The highest BCUT2D eigenvalue weighted by Crippen LogP contribution is 2.21. The van der Waals surface area contributed by atoms with E-state index in [2.05, 4.69) is 0 Å². The highest BCUT2D eigenvalue weighted by molar-refractivity contribution is 6.34. The smallest absolute Gasteiger partial charge is 0.255 e. The van der Waals surface area contributed by atoms with Gasteiger partial charge < -0.3 is 14.9 Å². The van der Waals surface area contributed by atoms with E-state index in [4.69, 9.17) is 11.6 Å². The largest absolute Gasteiger partial charge is 0.384 e. The first-order chi connectivity index (χ1) is 9.91. The van der Waals surface area contributed by atoms with E-state index < -0.39 is 11.9 Å². The van der Waals surface area contributed by atoms with Gasteiger partial charge in [-0.3, -0.25) is 9.59 Å². The molecule has 1 heterocycles. The van der Waals surface area contributed by atoms with Crippen molar-refractivity contribution in [3.8, 4) is 0 Å². The Morgan fingerprint density at radius 3 is 2.38 bits per heavy atom. The number of rotatable bonds is 2. The normalized spacial score (nSPS) is 16.8. The summed E-state index contributed by atoms with van der Waals surface area (Å²) in [5.41, 5.74) is 0.118. The Labute approximate surface area is 126 Å². The van der Waals surface area contributed by atoms with E-state index in [-0.39, 0.29) is 22.4 Å². The molecule has 0 aliphatic carbocycles. The molecule has 1 unspecified atom stereocenters. The Hall–Kier alpha value is -1.66. The van der Waals surface area contributed by atoms with Crippen molar-refractivity contribution in [3.05, 3.63) is 34.6 Å². The van der Waals surface area contributed by atoms with E-state index in [0.717, 1.165) is 0 Å². The number of hydrogen-bond acceptors (Lipinski definition) is 3. The van der Waals surface area contributed by atoms with Gasteiger partial charge in [-0.15, -0.1) is 0 Å². The summed E-state index contributed by atoms with van der Waals surface area (Å²) in [6.07, 6.45) is -1.05. The Morgan fingerprint density at radius 2 is 1.81 bits per heavy atom. The predicted octanol–water partition coefficient (Wildman–Crippen LogP) is 1.14. The van der Waals surface area contributed by atoms with Crippen LogP contribution < -0.4 is 0 Å². The van der Waals surface area contributed by atoms with Gasteiger partial charge in [-0.25, -0.2) is 4.39 Å². The van der Waals surface area contributed by atoms with Gasteiger partial charge in [0.05, 0.1) is 10.6 Å². The summed E-state index contributed by atoms with van der Waals surface area (Å²) < 4.78 is 13.4. The molecule has 1 aromatic rings. The summed E-state index contributed by atoms with van der Waals surface area (Å²) in [6.45, 7) is 2.73. The molecule has 2 rings (SSSR count). The number of aliphatic hydroxyl groups excluding tert-OH is 1. The van der Waals surface area contributed by atoms with Crippen LogP contribution >= 0.6 is 11.6 Å². The van der Waals surface area contributed by atoms with Crippen molar-refractivity contribution in [3.63, 3.8) is 0 Å². The van der Waals surface area contributed by atoms with Crippen molar-refractivity contribution in [1.82, 2.24) is 9.80 Å². The first kappa shape index (κ1) is 15.7. The van der Waals surface area contributed by atoms with Crippen LogP contribution in [-0.2, 0) is 4.79 Å². The minimum atomic E-state index is -1.05. The van der Waals surface area contributed by atoms with Crippen LogP contribution in [0.4, 0.5) is 4.39 Å². The first-order valence-corrected chi connectivity index (χ1v) is 6.99. The predicted molar refractivity (Wildman–Crippen MR) is 75.6 cm³/mol. The van der Waals surface area contributed by atoms with Crippen molar-refractivity contribution in [1.29, 1.82) is 0 Å². The van der Waals surface area contributed by atoms with Crippen molar-refractivity contribution in [2.75, 3.05) is 26.2 Å². The van der Waals surface area contributed by atoms with Crippen molar-refractivity contribution >= 4 is 23.4 Å². The zero-order chi connectivity index (χ0) is 15.6. The van der Waals surface area contributed by atoms with E-state index in [9.17, 15) is 19.1 Å². The maximum atomic E-state index is 13.4. The molecule has 21 heavy (non-hydrogen) atoms. The highest BCUT2D eigenvalue weighted by Gasteiger charge is 2.27. The summed E-state index contributed by atoms with van der Waals surface area (Å²) in [6, 6.07) is 4.10. The molecule has 2 amide bonds. The van der Waals surface area contributed by atoms with Gasteiger partial charge >= 0.3 is 0 Å². The summed E-state index contributed by atoms with van der Waals surface area (Å²) in [4.78, 5) is 27.0. The minimum Gasteiger partial charge on any atom is -0.384 e. The van der Waals surface area contributed by atoms with E-state index in [1.165, 1.54) is 34.9 Å². The Kier molecular flexibility index (Phi) is 4.80. The Bertz CT molecular complexity index is 557. The monoisotopic (exact) mass is 314 g/mol. The second kappa shape index (κ2) is 6.41. The van der Waals surface area contributed by atoms with Crippen LogP contribution in [0.3, 0.4) is 0 Å². The lowest BCUT2D eigenvalue weighted by atomic mass is 10.1. The van der Waals surface area contributed by atoms with Crippen LogP contribution in [-0.4, -0.2) is 59.0 Å². The van der Waals surface area contributed by atoms with Gasteiger partial charge in [-0.2, -0.15) is 0 Å². The van der Waals surface area contributed by atoms with Gasteiger partial charge in [0, 0.05) is 26.2 Å². The number of carbonyl (C=O) groups is 2. The van der Waals surface area contributed by atoms with Crippen LogP contribution in [0.15, 0.2) is 18.2 Å². The van der Waals surface area contributed by atoms with Gasteiger partial charge in [0.1, 0.15) is 11.9 Å². The highest BCUT2D eigenvalue weighted by atomic mass is 35.5. The fourth-order valence-electron chi connectivity index (χ4n) is 2.23. The number of benzene rings is 1. The summed E-state index contributed by atoms with van der Waals surface area (Å²) in [5.74, 6) is -1.35. The Morgan fingerprint density at radius 1 is 1.24 bits per heavy atom. The third-order valence-electron chi connectivity index (χ3n) is 3.42. The van der Waals surface area contributed by atoms with Gasteiger partial charge in [-0.1, -0.05) is 17.7 Å². The van der Waals surface area contributed by atoms with Crippen LogP contribution in [0.25, 0.3) is 0 Å². The SMILES string of the molecule is CC(O)C(=O)N1CCN(C(=O)c2cccc(F)c2Cl)CC1. The standard InChI is InChI=1S/C14H16ClFN2O3/c1-9(19)13(20)17-5-7-18(8-6-17)14(21)10-3-2-4-11(16)12(10)15/h2-4,9,19H,5-8H2,1H3. The quantitative estimate of drug-likeness (QED) is 0.890. The topological polar surface area (TPSA) is 60.9 Å². The lowest BCUT2D eigenvalue weighted by Gasteiger charge is -2.35. The second-order valence-corrected chi connectivity index (χ2v) is 5.27. The molecule has 1 N–H and O–H groups in total. The Balaban J connectivity index is 2.04. The minimum absolute atomic E-state index is 0.118. The molecule has 1 aliphatic rings. The molecule has 0 aromatic heterocycles. The van der Waals surface area contributed by atoms with Crippen LogP contribution in [0.2, 0.25) is 5.02 Å². The van der Waals surface area contributed by atoms with E-state index >= 15 is 0 Å². The molecule has 7 heteroatoms. The average Bonchev–Trinajstić information content (AvgIpc) is 2.48. The van der Waals surface area contributed by atoms with Crippen LogP contribution in [0, 0.1) is 5.82 Å². The molecule has 0 bridgehead atoms. The van der Waals surface area contributed by atoms with Crippen molar-refractivity contribution in [2.24, 2.45) is 0 Å². The molecule has 0 radical (unpaired) electrons. The number of halogens is 2. The number of aliphatic hydroxyl groups is 1. The molecule has 1 aliphatic heterocycles. The summed E-state index contributed by atoms with van der Waals surface area (Å²) >= 11 is 5.81. The van der Waals surface area contributed by atoms with Crippen molar-refractivity contribution < 1.29 is 19.1 Å². The van der Waals surface area contributed by atoms with Crippen LogP contribution in [0.1, 0.15) is 17.3 Å². The summed E-state index contributed by atoms with van der Waals surface area (Å²) in [5, 5.41) is 9.07. The van der Waals surface area contributed by atoms with Gasteiger partial charge in [0.15, 0.2) is 0 Å². The maximum Gasteiger partial charge on any atom is 0.255 e. The number of piperazine rings is 1. The molecule has 1 saturated heterocycles. The van der Waals surface area contributed by atoms with Gasteiger partial charge in [0.25, 0.3) is 11.8 Å². The first-order valence-electron chi connectivity index (χ1n) is 6.62. The summed E-state index contributed by atoms with van der Waals surface area (Å²) in [7, 11) is 0. The third-order valence-corrected chi connectivity index (χ3v) is 3.80. The zero-order valence-corrected chi connectivity index (χ0v) is 12.3. The molecule has 1 aromatic carbocycles. The number of amides is 2. The molecular formula is C14H16ClFN2O3. The lowest BCUT2D eigenvalue weighted by molar-refractivity contribution is -0.140. The van der Waals surface area contributed by atoms with E-state index in [0.29, 0.717) is 26.2 Å². The van der Waals surface area contributed by atoms with E-state index in [1.807, 2.05) is 0 Å². The zero-order valence-electron chi connectivity index (χ0n) is 11.6. The lowest BCUT2D eigenvalue weighted by Crippen LogP contribution is -2.52. The number of nitrogens with zero attached hydrogens (tertiary/aromatic N) is 2. The van der Waals surface area contributed by atoms with E-state index in [1.54, 1.807) is 0 Å². The molecule has 114 valence electrons. The van der Waals surface area contributed by atoms with Gasteiger partial charge in [-0.05, 0) is 19.1 Å². The maximum absolute atomic E-state index is 13.4. The van der Waals surface area contributed by atoms with Crippen LogP contribution in [0.5, 0.6) is 0 Å². The second-order valence-electron chi connectivity index (χ2n) is 4.89.